The van der Waals surface area contributed by atoms with E-state index in [1.165, 1.54) is 7.11 Å². The van der Waals surface area contributed by atoms with Crippen LogP contribution in [0.15, 0.2) is 42.0 Å². The molecule has 1 N–H and O–H groups in total. The zero-order valence-electron chi connectivity index (χ0n) is 25.0. The van der Waals surface area contributed by atoms with Crippen LogP contribution < -0.4 is 5.32 Å². The lowest BCUT2D eigenvalue weighted by atomic mass is 9.71. The largest absolute Gasteiger partial charge is 0.344 e. The third-order valence-electron chi connectivity index (χ3n) is 7.31. The summed E-state index contributed by atoms with van der Waals surface area (Å²) in [6.07, 6.45) is 2.44. The molecule has 3 atom stereocenters. The number of likely N-dealkylation sites (N-methyl/N-ethyl adjacent to an activating group) is 2. The normalized spacial score (nSPS) is 15.1. The molecule has 37 heavy (non-hydrogen) atoms. The number of nitrogens with zero attached hydrogens (tertiary/aromatic N) is 2. The number of hydrogen-bond acceptors (Lipinski definition) is 4. The van der Waals surface area contributed by atoms with E-state index in [4.69, 9.17) is 4.84 Å². The first kappa shape index (κ1) is 32.4. The molecule has 0 bridgehead atoms. The summed E-state index contributed by atoms with van der Waals surface area (Å²) in [5.74, 6) is -0.876. The molecular formula is C30H49N3O4. The first-order chi connectivity index (χ1) is 17.0. The second kappa shape index (κ2) is 13.2. The van der Waals surface area contributed by atoms with Crippen molar-refractivity contribution in [2.24, 2.45) is 17.3 Å². The number of rotatable bonds is 11. The molecule has 0 aromatic heterocycles. The summed E-state index contributed by atoms with van der Waals surface area (Å²) < 4.78 is 0. The molecule has 1 aromatic carbocycles. The number of hydroxylamine groups is 2. The van der Waals surface area contributed by atoms with E-state index in [-0.39, 0.29) is 35.6 Å². The van der Waals surface area contributed by atoms with Gasteiger partial charge in [-0.2, -0.15) is 0 Å². The predicted molar refractivity (Wildman–Crippen MR) is 150 cm³/mol. The van der Waals surface area contributed by atoms with Crippen LogP contribution in [0, 0.1) is 17.3 Å². The standard InChI is InChI=1S/C30H49N3O4/c1-13-23(30(8,9)22-17-15-14-16-18-22)26(34)31-25(29(5,6)7)28(36)32(10)24(20(2)3)19-21(4)27(35)33(11)37-12/h14-20,23-25H,13H2,1-12H3,(H,31,34)/b21-19+/t23-,24-,25-/m1/s1. The third kappa shape index (κ3) is 8.16. The molecule has 0 saturated carbocycles. The fourth-order valence-electron chi connectivity index (χ4n) is 4.74. The van der Waals surface area contributed by atoms with Crippen molar-refractivity contribution in [3.63, 3.8) is 0 Å². The summed E-state index contributed by atoms with van der Waals surface area (Å²) in [6, 6.07) is 8.93. The Morgan fingerprint density at radius 2 is 1.57 bits per heavy atom. The number of benzene rings is 1. The molecule has 0 fully saturated rings. The minimum Gasteiger partial charge on any atom is -0.344 e. The van der Waals surface area contributed by atoms with E-state index >= 15 is 0 Å². The molecule has 0 heterocycles. The fraction of sp³-hybridized carbons (Fsp3) is 0.633. The van der Waals surface area contributed by atoms with Gasteiger partial charge in [0, 0.05) is 31.0 Å². The van der Waals surface area contributed by atoms with Crippen LogP contribution in [0.2, 0.25) is 0 Å². The monoisotopic (exact) mass is 515 g/mol. The topological polar surface area (TPSA) is 79.0 Å². The van der Waals surface area contributed by atoms with Crippen molar-refractivity contribution in [2.75, 3.05) is 21.2 Å². The molecule has 1 aromatic rings. The van der Waals surface area contributed by atoms with Crippen molar-refractivity contribution in [3.8, 4) is 0 Å². The minimum atomic E-state index is -0.738. The SMILES string of the molecule is CC[C@H](C(=O)N[C@H](C(=O)N(C)[C@H](/C=C(\C)C(=O)N(C)OC)C(C)C)C(C)(C)C)C(C)(C)c1ccccc1. The molecule has 3 amide bonds. The van der Waals surface area contributed by atoms with Gasteiger partial charge in [0.2, 0.25) is 11.8 Å². The molecule has 7 nitrogen and oxygen atoms in total. The van der Waals surface area contributed by atoms with Gasteiger partial charge in [-0.15, -0.1) is 0 Å². The van der Waals surface area contributed by atoms with E-state index in [9.17, 15) is 14.4 Å². The number of nitrogens with one attached hydrogen (secondary N) is 1. The molecule has 1 rings (SSSR count). The highest BCUT2D eigenvalue weighted by molar-refractivity contribution is 5.92. The molecule has 0 aliphatic heterocycles. The van der Waals surface area contributed by atoms with E-state index in [0.717, 1.165) is 10.6 Å². The maximum atomic E-state index is 13.9. The van der Waals surface area contributed by atoms with Gasteiger partial charge in [-0.05, 0) is 30.2 Å². The minimum absolute atomic E-state index is 0.0428. The lowest BCUT2D eigenvalue weighted by molar-refractivity contribution is -0.164. The van der Waals surface area contributed by atoms with Gasteiger partial charge < -0.3 is 10.2 Å². The lowest BCUT2D eigenvalue weighted by Crippen LogP contribution is -2.58. The summed E-state index contributed by atoms with van der Waals surface area (Å²) in [4.78, 5) is 46.8. The van der Waals surface area contributed by atoms with E-state index in [0.29, 0.717) is 12.0 Å². The van der Waals surface area contributed by atoms with Crippen LogP contribution in [-0.4, -0.2) is 61.0 Å². The Balaban J connectivity index is 3.31. The van der Waals surface area contributed by atoms with Crippen LogP contribution in [0.25, 0.3) is 0 Å². The maximum absolute atomic E-state index is 13.9. The Bertz CT molecular complexity index is 947. The van der Waals surface area contributed by atoms with E-state index < -0.39 is 16.9 Å². The molecular weight excluding hydrogens is 466 g/mol. The van der Waals surface area contributed by atoms with Crippen LogP contribution in [-0.2, 0) is 24.6 Å². The first-order valence-corrected chi connectivity index (χ1v) is 13.1. The van der Waals surface area contributed by atoms with Gasteiger partial charge in [0.05, 0.1) is 13.2 Å². The van der Waals surface area contributed by atoms with Gasteiger partial charge in [-0.1, -0.05) is 91.8 Å². The molecule has 0 spiro atoms. The lowest BCUT2D eigenvalue weighted by Gasteiger charge is -2.40. The molecule has 0 radical (unpaired) electrons. The summed E-state index contributed by atoms with van der Waals surface area (Å²) >= 11 is 0. The van der Waals surface area contributed by atoms with E-state index in [1.807, 2.05) is 71.9 Å². The van der Waals surface area contributed by atoms with Crippen molar-refractivity contribution in [3.05, 3.63) is 47.5 Å². The first-order valence-electron chi connectivity index (χ1n) is 13.1. The van der Waals surface area contributed by atoms with Gasteiger partial charge in [0.15, 0.2) is 0 Å². The highest BCUT2D eigenvalue weighted by Crippen LogP contribution is 2.35. The van der Waals surface area contributed by atoms with Crippen LogP contribution in [0.1, 0.15) is 74.3 Å². The Morgan fingerprint density at radius 1 is 1.03 bits per heavy atom. The molecule has 7 heteroatoms. The van der Waals surface area contributed by atoms with Gasteiger partial charge in [0.1, 0.15) is 6.04 Å². The zero-order valence-corrected chi connectivity index (χ0v) is 25.0. The number of carbonyl (C=O) groups excluding carboxylic acids is 3. The third-order valence-corrected chi connectivity index (χ3v) is 7.31. The van der Waals surface area contributed by atoms with Crippen molar-refractivity contribution in [1.82, 2.24) is 15.3 Å². The summed E-state index contributed by atoms with van der Waals surface area (Å²) in [5.41, 5.74) is 0.627. The fourth-order valence-corrected chi connectivity index (χ4v) is 4.74. The highest BCUT2D eigenvalue weighted by atomic mass is 16.7. The zero-order chi connectivity index (χ0) is 28.7. The van der Waals surface area contributed by atoms with Gasteiger partial charge >= 0.3 is 0 Å². The highest BCUT2D eigenvalue weighted by Gasteiger charge is 2.41. The average Bonchev–Trinajstić information content (AvgIpc) is 2.83. The number of hydrogen-bond donors (Lipinski definition) is 1. The number of amides is 3. The van der Waals surface area contributed by atoms with Crippen LogP contribution in [0.4, 0.5) is 0 Å². The summed E-state index contributed by atoms with van der Waals surface area (Å²) in [5, 5.41) is 4.27. The average molecular weight is 516 g/mol. The summed E-state index contributed by atoms with van der Waals surface area (Å²) in [6.45, 7) is 17.7. The predicted octanol–water partition coefficient (Wildman–Crippen LogP) is 4.97. The van der Waals surface area contributed by atoms with Gasteiger partial charge in [0.25, 0.3) is 5.91 Å². The summed E-state index contributed by atoms with van der Waals surface area (Å²) in [7, 11) is 4.71. The second-order valence-electron chi connectivity index (χ2n) is 11.9. The van der Waals surface area contributed by atoms with Crippen molar-refractivity contribution in [2.45, 2.75) is 86.2 Å². The molecule has 0 aliphatic rings. The molecule has 0 unspecified atom stereocenters. The molecule has 0 saturated heterocycles. The quantitative estimate of drug-likeness (QED) is 0.333. The Hall–Kier alpha value is -2.67. The van der Waals surface area contributed by atoms with Crippen molar-refractivity contribution in [1.29, 1.82) is 0 Å². The van der Waals surface area contributed by atoms with Crippen LogP contribution in [0.5, 0.6) is 0 Å². The smallest absolute Gasteiger partial charge is 0.272 e. The van der Waals surface area contributed by atoms with Crippen molar-refractivity contribution < 1.29 is 19.2 Å². The van der Waals surface area contributed by atoms with Crippen molar-refractivity contribution >= 4 is 17.7 Å². The van der Waals surface area contributed by atoms with Gasteiger partial charge in [-0.3, -0.25) is 19.2 Å². The van der Waals surface area contributed by atoms with E-state index in [2.05, 4.69) is 19.2 Å². The van der Waals surface area contributed by atoms with Gasteiger partial charge in [-0.25, -0.2) is 5.06 Å². The Labute approximate surface area is 224 Å². The molecule has 0 aliphatic carbocycles. The molecule has 208 valence electrons. The van der Waals surface area contributed by atoms with Crippen LogP contribution in [0.3, 0.4) is 0 Å². The van der Waals surface area contributed by atoms with E-state index in [1.54, 1.807) is 32.0 Å². The Kier molecular flexibility index (Phi) is 11.6. The Morgan fingerprint density at radius 3 is 2.00 bits per heavy atom. The van der Waals surface area contributed by atoms with Crippen LogP contribution >= 0.6 is 0 Å². The maximum Gasteiger partial charge on any atom is 0.272 e. The second-order valence-corrected chi connectivity index (χ2v) is 11.9. The number of carbonyl (C=O) groups is 3.